The number of halogens is 4. The third kappa shape index (κ3) is 16.8. The van der Waals surface area contributed by atoms with Crippen LogP contribution >= 0.6 is 0 Å². The molecule has 4 N–H and O–H groups in total. The molecular formula is C61H76F4N12O12. The number of carbonyl (C=O) groups excluding carboxylic acids is 3. The van der Waals surface area contributed by atoms with Crippen LogP contribution in [0.4, 0.5) is 49.9 Å². The summed E-state index contributed by atoms with van der Waals surface area (Å²) < 4.78 is 94.5. The zero-order valence-corrected chi connectivity index (χ0v) is 51.2. The van der Waals surface area contributed by atoms with Gasteiger partial charge in [0.05, 0.1) is 22.7 Å². The highest BCUT2D eigenvalue weighted by Crippen LogP contribution is 2.32. The first kappa shape index (κ1) is 65.0. The minimum absolute atomic E-state index is 0.102. The molecule has 4 aliphatic heterocycles. The molecule has 480 valence electrons. The van der Waals surface area contributed by atoms with Crippen molar-refractivity contribution in [3.05, 3.63) is 95.4 Å². The average Bonchev–Trinajstić information content (AvgIpc) is 2.24. The predicted molar refractivity (Wildman–Crippen MR) is 323 cm³/mol. The first-order chi connectivity index (χ1) is 42.4. The maximum atomic E-state index is 14.6. The maximum absolute atomic E-state index is 14.6. The molecule has 4 saturated heterocycles. The molecule has 8 heterocycles. The summed E-state index contributed by atoms with van der Waals surface area (Å²) in [6.07, 6.45) is -0.00136. The minimum atomic E-state index is -0.554. The third-order valence-corrected chi connectivity index (χ3v) is 14.4. The summed E-state index contributed by atoms with van der Waals surface area (Å²) in [7, 11) is 0. The van der Waals surface area contributed by atoms with E-state index in [1.807, 2.05) is 68.1 Å². The molecule has 4 aliphatic rings. The van der Waals surface area contributed by atoms with Crippen LogP contribution in [-0.4, -0.2) is 174 Å². The summed E-state index contributed by atoms with van der Waals surface area (Å²) >= 11 is 0. The van der Waals surface area contributed by atoms with Crippen molar-refractivity contribution >= 4 is 85.3 Å². The van der Waals surface area contributed by atoms with Crippen molar-refractivity contribution in [2.24, 2.45) is 0 Å². The lowest BCUT2D eigenvalue weighted by Crippen LogP contribution is -2.50. The van der Waals surface area contributed by atoms with E-state index in [4.69, 9.17) is 42.1 Å². The number of aromatic nitrogens is 4. The summed E-state index contributed by atoms with van der Waals surface area (Å²) in [6.45, 7) is 23.8. The molecule has 0 radical (unpaired) electrons. The quantitative estimate of drug-likeness (QED) is 0.0600. The van der Waals surface area contributed by atoms with Crippen molar-refractivity contribution in [2.75, 3.05) is 124 Å². The Hall–Kier alpha value is -8.47. The largest absolute Gasteiger partial charge is 0.456 e. The summed E-state index contributed by atoms with van der Waals surface area (Å²) in [5.74, 6) is -0.581. The normalized spacial score (nSPS) is 15.8. The fourth-order valence-corrected chi connectivity index (χ4v) is 10.1. The number of carbonyl (C=O) groups is 3. The van der Waals surface area contributed by atoms with E-state index in [0.717, 1.165) is 58.8 Å². The van der Waals surface area contributed by atoms with Crippen LogP contribution in [0.1, 0.15) is 79.0 Å². The van der Waals surface area contributed by atoms with Crippen LogP contribution in [-0.2, 0) is 45.2 Å². The molecule has 28 heteroatoms. The zero-order chi connectivity index (χ0) is 63.7. The molecule has 0 unspecified atom stereocenters. The molecule has 0 saturated carbocycles. The lowest BCUT2D eigenvalue weighted by atomic mass is 10.2. The number of ether oxygens (including phenoxy) is 3. The number of oxazole rings is 4. The fourth-order valence-electron chi connectivity index (χ4n) is 10.1. The van der Waals surface area contributed by atoms with E-state index in [9.17, 15) is 31.9 Å². The van der Waals surface area contributed by atoms with Crippen LogP contribution in [0.15, 0.2) is 66.2 Å². The fraction of sp³-hybridized carbons (Fsp3) is 0.492. The molecule has 0 atom stereocenters. The number of hydrogen-bond donors (Lipinski definition) is 4. The van der Waals surface area contributed by atoms with Gasteiger partial charge in [-0.3, -0.25) is 4.79 Å². The number of amides is 2. The second-order valence-electron chi connectivity index (χ2n) is 23.3. The molecule has 0 bridgehead atoms. The number of rotatable bonds is 9. The SMILES string of the molecule is CC(=O)OCc1nc2cc(F)c(N3CCN(C(=O)OC(C)(C)C)CC3)cc2o1.CC(C)(C)OC(=O)N1CCN(c2cc3oc(CO)nc3cc2F)CC1.CCc1nc2cc(F)c(N3CCNCC3)cc2o1.OCc1nc2cc(F)c(N3CCNCC3)cc2o1. The van der Waals surface area contributed by atoms with E-state index in [2.05, 4.69) is 30.6 Å². The molecule has 2 amide bonds. The number of fused-ring (bicyclic) bond motifs is 4. The van der Waals surface area contributed by atoms with Gasteiger partial charge in [0, 0.05) is 167 Å². The van der Waals surface area contributed by atoms with Gasteiger partial charge in [-0.25, -0.2) is 47.1 Å². The van der Waals surface area contributed by atoms with Crippen LogP contribution < -0.4 is 30.2 Å². The van der Waals surface area contributed by atoms with Crippen molar-refractivity contribution in [3.63, 3.8) is 0 Å². The van der Waals surface area contributed by atoms with Gasteiger partial charge in [-0.1, -0.05) is 6.92 Å². The van der Waals surface area contributed by atoms with Gasteiger partial charge in [-0.15, -0.1) is 0 Å². The highest BCUT2D eigenvalue weighted by molar-refractivity contribution is 5.81. The Labute approximate surface area is 510 Å². The summed E-state index contributed by atoms with van der Waals surface area (Å²) in [5, 5.41) is 24.5. The van der Waals surface area contributed by atoms with Gasteiger partial charge in [0.15, 0.2) is 34.8 Å². The maximum Gasteiger partial charge on any atom is 0.410 e. The first-order valence-corrected chi connectivity index (χ1v) is 29.5. The second kappa shape index (κ2) is 28.3. The van der Waals surface area contributed by atoms with Crippen LogP contribution in [0.3, 0.4) is 0 Å². The van der Waals surface area contributed by atoms with E-state index in [1.165, 1.54) is 31.2 Å². The third-order valence-electron chi connectivity index (χ3n) is 14.4. The van der Waals surface area contributed by atoms with Gasteiger partial charge in [-0.05, 0) is 41.5 Å². The van der Waals surface area contributed by atoms with Crippen molar-refractivity contribution in [1.29, 1.82) is 0 Å². The highest BCUT2D eigenvalue weighted by atomic mass is 19.1. The monoisotopic (exact) mass is 1240 g/mol. The van der Waals surface area contributed by atoms with Crippen molar-refractivity contribution in [2.45, 2.75) is 92.8 Å². The lowest BCUT2D eigenvalue weighted by Gasteiger charge is -2.36. The van der Waals surface area contributed by atoms with Crippen LogP contribution in [0.25, 0.3) is 44.4 Å². The number of benzene rings is 4. The van der Waals surface area contributed by atoms with Gasteiger partial charge in [-0.2, -0.15) is 0 Å². The Morgan fingerprint density at radius 2 is 0.764 bits per heavy atom. The van der Waals surface area contributed by atoms with E-state index in [0.29, 0.717) is 125 Å². The number of aryl methyl sites for hydroxylation is 1. The Bertz CT molecular complexity index is 3640. The van der Waals surface area contributed by atoms with Gasteiger partial charge in [0.2, 0.25) is 17.7 Å². The first-order valence-electron chi connectivity index (χ1n) is 29.5. The molecule has 24 nitrogen and oxygen atoms in total. The van der Waals surface area contributed by atoms with Gasteiger partial charge in [0.25, 0.3) is 0 Å². The van der Waals surface area contributed by atoms with Gasteiger partial charge in [0.1, 0.15) is 69.8 Å². The lowest BCUT2D eigenvalue weighted by molar-refractivity contribution is -0.142. The molecule has 89 heavy (non-hydrogen) atoms. The van der Waals surface area contributed by atoms with E-state index in [1.54, 1.807) is 34.1 Å². The van der Waals surface area contributed by atoms with Gasteiger partial charge < -0.3 is 82.1 Å². The standard InChI is InChI=1S/C19H24FN3O5.C17H22FN3O4.C13H16FN3O.C12H14FN3O2/c1-12(24)26-11-17-21-14-9-13(20)15(10-16(14)27-17)22-5-7-23(8-6-22)18(25)28-19(2,3)4;1-17(2,3)25-16(23)21-6-4-20(5-7-21)13-9-14-12(8-11(13)18)19-15(10-22)24-14;1-2-13-16-10-7-9(14)11(8-12(10)18-13)17-5-3-15-4-6-17;13-8-5-9-11(18-12(7-17)15-9)6-10(8)16-3-1-14-2-4-16/h9-10H,5-8,11H2,1-4H3;8-9,22H,4-7,10H2,1-3H3;7-8,15H,2-6H2,1H3;5-6,14,17H,1-4,7H2. The number of nitrogens with one attached hydrogen (secondary N) is 2. The topological polar surface area (TPSA) is 267 Å². The molecule has 0 spiro atoms. The zero-order valence-electron chi connectivity index (χ0n) is 51.2. The number of aliphatic hydroxyl groups is 2. The Kier molecular flexibility index (Phi) is 20.7. The van der Waals surface area contributed by atoms with Crippen molar-refractivity contribution < 1.29 is 74.0 Å². The Balaban J connectivity index is 0.000000143. The highest BCUT2D eigenvalue weighted by Gasteiger charge is 2.30. The van der Waals surface area contributed by atoms with Crippen LogP contribution in [0, 0.1) is 23.3 Å². The molecule has 4 aromatic heterocycles. The van der Waals surface area contributed by atoms with Crippen molar-refractivity contribution in [1.82, 2.24) is 40.4 Å². The Morgan fingerprint density at radius 3 is 1.07 bits per heavy atom. The van der Waals surface area contributed by atoms with E-state index >= 15 is 0 Å². The molecular weight excluding hydrogens is 1170 g/mol. The molecule has 4 aromatic carbocycles. The summed E-state index contributed by atoms with van der Waals surface area (Å²) in [4.78, 5) is 62.5. The van der Waals surface area contributed by atoms with Crippen molar-refractivity contribution in [3.8, 4) is 0 Å². The van der Waals surface area contributed by atoms with Crippen LogP contribution in [0.5, 0.6) is 0 Å². The number of aliphatic hydroxyl groups excluding tert-OH is 2. The minimum Gasteiger partial charge on any atom is -0.456 e. The molecule has 0 aliphatic carbocycles. The number of hydrogen-bond acceptors (Lipinski definition) is 22. The predicted octanol–water partition coefficient (Wildman–Crippen LogP) is 8.41. The van der Waals surface area contributed by atoms with Crippen LogP contribution in [0.2, 0.25) is 0 Å². The van der Waals surface area contributed by atoms with E-state index in [-0.39, 0.29) is 61.3 Å². The number of esters is 1. The smallest absolute Gasteiger partial charge is 0.410 e. The van der Waals surface area contributed by atoms with Gasteiger partial charge >= 0.3 is 18.2 Å². The molecule has 8 aromatic rings. The number of piperazine rings is 4. The summed E-state index contributed by atoms with van der Waals surface area (Å²) in [5.41, 5.74) is 4.62. The average molecular weight is 1250 g/mol. The Morgan fingerprint density at radius 1 is 0.472 bits per heavy atom. The van der Waals surface area contributed by atoms with E-state index < -0.39 is 28.8 Å². The summed E-state index contributed by atoms with van der Waals surface area (Å²) in [6, 6.07) is 12.0. The second-order valence-corrected chi connectivity index (χ2v) is 23.3. The molecule has 12 rings (SSSR count). The number of anilines is 4. The number of nitrogens with zero attached hydrogens (tertiary/aromatic N) is 10. The molecule has 4 fully saturated rings.